The highest BCUT2D eigenvalue weighted by atomic mass is 16.5. The summed E-state index contributed by atoms with van der Waals surface area (Å²) in [5.74, 6) is -0.192. The van der Waals surface area contributed by atoms with E-state index in [1.807, 2.05) is 12.1 Å². The molecule has 3 rings (SSSR count). The molecule has 1 saturated carbocycles. The van der Waals surface area contributed by atoms with Gasteiger partial charge in [0, 0.05) is 12.2 Å². The molecule has 2 aromatic heterocycles. The zero-order valence-corrected chi connectivity index (χ0v) is 15.1. The molecule has 1 fully saturated rings. The van der Waals surface area contributed by atoms with Crippen LogP contribution in [0.1, 0.15) is 55.1 Å². The molecule has 1 amide bonds. The number of rotatable bonds is 5. The van der Waals surface area contributed by atoms with Crippen LogP contribution in [0.4, 0.5) is 0 Å². The van der Waals surface area contributed by atoms with Gasteiger partial charge in [0.1, 0.15) is 5.56 Å². The van der Waals surface area contributed by atoms with Crippen LogP contribution in [0, 0.1) is 6.92 Å². The summed E-state index contributed by atoms with van der Waals surface area (Å²) in [6.45, 7) is 3.36. The summed E-state index contributed by atoms with van der Waals surface area (Å²) >= 11 is 0. The Bertz CT molecular complexity index is 766. The Balaban J connectivity index is 1.62. The number of amides is 1. The van der Waals surface area contributed by atoms with Crippen LogP contribution >= 0.6 is 0 Å². The lowest BCUT2D eigenvalue weighted by molar-refractivity contribution is -0.130. The molecule has 0 aliphatic heterocycles. The fourth-order valence-corrected chi connectivity index (χ4v) is 3.16. The molecule has 1 unspecified atom stereocenters. The molecule has 0 bridgehead atoms. The smallest absolute Gasteiger partial charge is 0.342 e. The van der Waals surface area contributed by atoms with Gasteiger partial charge in [-0.15, -0.1) is 0 Å². The van der Waals surface area contributed by atoms with Crippen LogP contribution in [0.3, 0.4) is 0 Å². The summed E-state index contributed by atoms with van der Waals surface area (Å²) in [7, 11) is 0. The molecule has 0 radical (unpaired) electrons. The molecule has 0 aromatic carbocycles. The molecule has 26 heavy (non-hydrogen) atoms. The van der Waals surface area contributed by atoms with Crippen molar-refractivity contribution < 1.29 is 14.3 Å². The van der Waals surface area contributed by atoms with Crippen molar-refractivity contribution in [3.05, 3.63) is 41.9 Å². The van der Waals surface area contributed by atoms with E-state index < -0.39 is 12.1 Å². The molecule has 1 atom stereocenters. The topological polar surface area (TPSA) is 86.1 Å². The maximum absolute atomic E-state index is 12.4. The van der Waals surface area contributed by atoms with Crippen LogP contribution in [-0.4, -0.2) is 38.8 Å². The number of carbonyl (C=O) groups excluding carboxylic acids is 2. The van der Waals surface area contributed by atoms with Crippen molar-refractivity contribution in [1.82, 2.24) is 20.1 Å². The number of aromatic nitrogens is 3. The molecule has 7 nitrogen and oxygen atoms in total. The summed E-state index contributed by atoms with van der Waals surface area (Å²) in [4.78, 5) is 28.9. The minimum atomic E-state index is -0.845. The predicted molar refractivity (Wildman–Crippen MR) is 96.0 cm³/mol. The SMILES string of the molecule is Cc1c(C(=O)OC(C)C(=O)NC2CCCCC2)cnn1-c1ccccn1. The van der Waals surface area contributed by atoms with Gasteiger partial charge < -0.3 is 10.1 Å². The molecule has 1 N–H and O–H groups in total. The van der Waals surface area contributed by atoms with Gasteiger partial charge >= 0.3 is 5.97 Å². The number of hydrogen-bond donors (Lipinski definition) is 1. The van der Waals surface area contributed by atoms with E-state index in [1.54, 1.807) is 30.8 Å². The fraction of sp³-hybridized carbons (Fsp3) is 0.474. The maximum Gasteiger partial charge on any atom is 0.342 e. The lowest BCUT2D eigenvalue weighted by atomic mass is 9.95. The Kier molecular flexibility index (Phi) is 5.65. The van der Waals surface area contributed by atoms with E-state index in [-0.39, 0.29) is 11.9 Å². The molecule has 7 heteroatoms. The number of carbonyl (C=O) groups is 2. The van der Waals surface area contributed by atoms with Gasteiger partial charge in [0.15, 0.2) is 11.9 Å². The molecule has 1 aliphatic rings. The van der Waals surface area contributed by atoms with Crippen molar-refractivity contribution in [2.45, 2.75) is 58.1 Å². The van der Waals surface area contributed by atoms with Crippen LogP contribution in [0.15, 0.2) is 30.6 Å². The average molecular weight is 356 g/mol. The zero-order chi connectivity index (χ0) is 18.5. The highest BCUT2D eigenvalue weighted by molar-refractivity contribution is 5.93. The van der Waals surface area contributed by atoms with Gasteiger partial charge in [-0.1, -0.05) is 25.3 Å². The molecular weight excluding hydrogens is 332 g/mol. The molecule has 0 spiro atoms. The molecule has 138 valence electrons. The normalized spacial score (nSPS) is 16.1. The molecule has 2 aromatic rings. The second-order valence-corrected chi connectivity index (χ2v) is 6.63. The van der Waals surface area contributed by atoms with E-state index >= 15 is 0 Å². The van der Waals surface area contributed by atoms with Crippen molar-refractivity contribution >= 4 is 11.9 Å². The quantitative estimate of drug-likeness (QED) is 0.832. The Morgan fingerprint density at radius 2 is 2.04 bits per heavy atom. The van der Waals surface area contributed by atoms with E-state index in [0.29, 0.717) is 17.1 Å². The fourth-order valence-electron chi connectivity index (χ4n) is 3.16. The van der Waals surface area contributed by atoms with E-state index in [2.05, 4.69) is 15.4 Å². The van der Waals surface area contributed by atoms with Crippen LogP contribution in [0.5, 0.6) is 0 Å². The zero-order valence-electron chi connectivity index (χ0n) is 15.1. The minimum absolute atomic E-state index is 0.186. The van der Waals surface area contributed by atoms with Crippen molar-refractivity contribution in [2.24, 2.45) is 0 Å². The highest BCUT2D eigenvalue weighted by Crippen LogP contribution is 2.18. The van der Waals surface area contributed by atoms with Crippen molar-refractivity contribution in [2.75, 3.05) is 0 Å². The summed E-state index contributed by atoms with van der Waals surface area (Å²) in [6, 6.07) is 5.64. The van der Waals surface area contributed by atoms with Crippen LogP contribution in [0.25, 0.3) is 5.82 Å². The minimum Gasteiger partial charge on any atom is -0.449 e. The second-order valence-electron chi connectivity index (χ2n) is 6.63. The standard InChI is InChI=1S/C19H24N4O3/c1-13-16(12-21-23(13)17-10-6-7-11-20-17)19(25)26-14(2)18(24)22-15-8-4-3-5-9-15/h6-7,10-12,14-15H,3-5,8-9H2,1-2H3,(H,22,24). The molecule has 1 aliphatic carbocycles. The molecular formula is C19H24N4O3. The number of nitrogens with one attached hydrogen (secondary N) is 1. The first-order valence-electron chi connectivity index (χ1n) is 9.03. The van der Waals surface area contributed by atoms with Gasteiger partial charge in [0.25, 0.3) is 5.91 Å². The highest BCUT2D eigenvalue weighted by Gasteiger charge is 2.24. The Morgan fingerprint density at radius 3 is 2.73 bits per heavy atom. The summed E-state index contributed by atoms with van der Waals surface area (Å²) in [5.41, 5.74) is 0.946. The van der Waals surface area contributed by atoms with Gasteiger partial charge in [-0.25, -0.2) is 14.5 Å². The lowest BCUT2D eigenvalue weighted by Crippen LogP contribution is -2.42. The first-order valence-corrected chi connectivity index (χ1v) is 9.03. The number of esters is 1. The number of ether oxygens (including phenoxy) is 1. The van der Waals surface area contributed by atoms with Crippen LogP contribution < -0.4 is 5.32 Å². The average Bonchev–Trinajstić information content (AvgIpc) is 3.04. The third kappa shape index (κ3) is 4.09. The number of hydrogen-bond acceptors (Lipinski definition) is 5. The first kappa shape index (κ1) is 18.1. The van der Waals surface area contributed by atoms with Gasteiger partial charge in [-0.05, 0) is 38.8 Å². The van der Waals surface area contributed by atoms with Gasteiger partial charge in [-0.2, -0.15) is 5.10 Å². The lowest BCUT2D eigenvalue weighted by Gasteiger charge is -2.24. The first-order chi connectivity index (χ1) is 12.6. The summed E-state index contributed by atoms with van der Waals surface area (Å²) < 4.78 is 6.92. The Morgan fingerprint density at radius 1 is 1.27 bits per heavy atom. The van der Waals surface area contributed by atoms with E-state index in [0.717, 1.165) is 25.7 Å². The molecule has 2 heterocycles. The Hall–Kier alpha value is -2.70. The van der Waals surface area contributed by atoms with Gasteiger partial charge in [0.2, 0.25) is 0 Å². The van der Waals surface area contributed by atoms with Gasteiger partial charge in [0.05, 0.1) is 11.9 Å². The predicted octanol–water partition coefficient (Wildman–Crippen LogP) is 2.57. The summed E-state index contributed by atoms with van der Waals surface area (Å²) in [5, 5.41) is 7.18. The third-order valence-corrected chi connectivity index (χ3v) is 4.70. The Labute approximate surface area is 152 Å². The van der Waals surface area contributed by atoms with Crippen LogP contribution in [0.2, 0.25) is 0 Å². The monoisotopic (exact) mass is 356 g/mol. The number of nitrogens with zero attached hydrogens (tertiary/aromatic N) is 3. The van der Waals surface area contributed by atoms with Crippen molar-refractivity contribution in [3.63, 3.8) is 0 Å². The van der Waals surface area contributed by atoms with Crippen LogP contribution in [-0.2, 0) is 9.53 Å². The van der Waals surface area contributed by atoms with Gasteiger partial charge in [-0.3, -0.25) is 4.79 Å². The maximum atomic E-state index is 12.4. The van der Waals surface area contributed by atoms with E-state index in [4.69, 9.17) is 4.74 Å². The second kappa shape index (κ2) is 8.12. The van der Waals surface area contributed by atoms with Crippen molar-refractivity contribution in [3.8, 4) is 5.82 Å². The largest absolute Gasteiger partial charge is 0.449 e. The van der Waals surface area contributed by atoms with E-state index in [1.165, 1.54) is 12.6 Å². The van der Waals surface area contributed by atoms with Crippen molar-refractivity contribution in [1.29, 1.82) is 0 Å². The number of pyridine rings is 1. The molecule has 0 saturated heterocycles. The third-order valence-electron chi connectivity index (χ3n) is 4.70. The summed E-state index contributed by atoms with van der Waals surface area (Å²) in [6.07, 6.45) is 7.71. The van der Waals surface area contributed by atoms with E-state index in [9.17, 15) is 9.59 Å².